The van der Waals surface area contributed by atoms with E-state index in [0.717, 1.165) is 16.8 Å². The molecule has 10 heteroatoms. The molecule has 1 N–H and O–H groups in total. The van der Waals surface area contributed by atoms with E-state index in [1.807, 2.05) is 0 Å². The Kier molecular flexibility index (Phi) is 4.70. The van der Waals surface area contributed by atoms with E-state index >= 15 is 0 Å². The summed E-state index contributed by atoms with van der Waals surface area (Å²) < 4.78 is 30.1. The molecule has 0 unspecified atom stereocenters. The Bertz CT molecular complexity index is 1410. The molecule has 7 nitrogen and oxygen atoms in total. The van der Waals surface area contributed by atoms with Crippen LogP contribution in [0.4, 0.5) is 19.3 Å². The van der Waals surface area contributed by atoms with Crippen molar-refractivity contribution < 1.29 is 13.6 Å². The van der Waals surface area contributed by atoms with Gasteiger partial charge < -0.3 is 9.88 Å². The van der Waals surface area contributed by atoms with Crippen LogP contribution in [0, 0.1) is 11.6 Å². The number of rotatable bonds is 3. The van der Waals surface area contributed by atoms with Crippen molar-refractivity contribution in [1.29, 1.82) is 0 Å². The number of carbonyl (C=O) groups excluding carboxylic acids is 1. The maximum absolute atomic E-state index is 14.5. The summed E-state index contributed by atoms with van der Waals surface area (Å²) in [6.45, 7) is 1.19. The SMILES string of the molecule is CN1CCN(c2ccc(-c3nn(-c4c(F)cccc4F)c4c(Cl)c[nH]c(=O)c34)cc2)C1=O. The monoisotopic (exact) mass is 455 g/mol. The molecule has 2 aromatic heterocycles. The number of amides is 2. The van der Waals surface area contributed by atoms with Crippen LogP contribution >= 0.6 is 11.6 Å². The molecule has 0 aliphatic carbocycles. The predicted octanol–water partition coefficient (Wildman–Crippen LogP) is 4.18. The average molecular weight is 456 g/mol. The molecule has 3 heterocycles. The minimum Gasteiger partial charge on any atom is -0.327 e. The number of benzene rings is 2. The number of hydrogen-bond acceptors (Lipinski definition) is 3. The molecule has 4 aromatic rings. The van der Waals surface area contributed by atoms with Gasteiger partial charge in [-0.15, -0.1) is 0 Å². The third-order valence-electron chi connectivity index (χ3n) is 5.49. The highest BCUT2D eigenvalue weighted by Crippen LogP contribution is 2.33. The average Bonchev–Trinajstić information content (AvgIpc) is 3.33. The number of pyridine rings is 1. The maximum atomic E-state index is 14.5. The lowest BCUT2D eigenvalue weighted by molar-refractivity contribution is 0.229. The summed E-state index contributed by atoms with van der Waals surface area (Å²) in [5.74, 6) is -1.69. The van der Waals surface area contributed by atoms with Crippen LogP contribution in [0.15, 0.2) is 53.5 Å². The first-order chi connectivity index (χ1) is 15.4. The van der Waals surface area contributed by atoms with Crippen molar-refractivity contribution in [1.82, 2.24) is 19.7 Å². The Hall–Kier alpha value is -3.72. The van der Waals surface area contributed by atoms with E-state index in [1.165, 1.54) is 12.3 Å². The summed E-state index contributed by atoms with van der Waals surface area (Å²) in [5, 5.41) is 4.56. The van der Waals surface area contributed by atoms with Crippen LogP contribution in [0.3, 0.4) is 0 Å². The van der Waals surface area contributed by atoms with Gasteiger partial charge in [-0.1, -0.05) is 29.8 Å². The normalized spacial score (nSPS) is 14.1. The van der Waals surface area contributed by atoms with Crippen LogP contribution in [-0.4, -0.2) is 45.8 Å². The molecule has 0 bridgehead atoms. The van der Waals surface area contributed by atoms with E-state index < -0.39 is 22.9 Å². The number of nitrogens with one attached hydrogen (secondary N) is 1. The molecule has 0 spiro atoms. The molecule has 1 aliphatic rings. The summed E-state index contributed by atoms with van der Waals surface area (Å²) in [4.78, 5) is 30.7. The van der Waals surface area contributed by atoms with Gasteiger partial charge in [0, 0.05) is 37.6 Å². The number of anilines is 1. The summed E-state index contributed by atoms with van der Waals surface area (Å²) in [5.41, 5.74) is 0.597. The van der Waals surface area contributed by atoms with E-state index in [-0.39, 0.29) is 27.7 Å². The number of urea groups is 1. The van der Waals surface area contributed by atoms with Crippen LogP contribution in [0.5, 0.6) is 0 Å². The fourth-order valence-electron chi connectivity index (χ4n) is 3.86. The number of nitrogens with zero attached hydrogens (tertiary/aromatic N) is 4. The van der Waals surface area contributed by atoms with E-state index in [1.54, 1.807) is 41.1 Å². The van der Waals surface area contributed by atoms with Gasteiger partial charge in [0.15, 0.2) is 11.6 Å². The van der Waals surface area contributed by atoms with Crippen molar-refractivity contribution in [2.45, 2.75) is 0 Å². The molecule has 0 radical (unpaired) electrons. The summed E-state index contributed by atoms with van der Waals surface area (Å²) >= 11 is 6.31. The van der Waals surface area contributed by atoms with Gasteiger partial charge in [-0.25, -0.2) is 18.3 Å². The molecular formula is C22H16ClF2N5O2. The standard InChI is InChI=1S/C22H16ClF2N5O2/c1-28-9-10-29(22(28)32)13-7-5-12(6-8-13)18-17-19(14(23)11-26-21(17)31)30(27-18)20-15(24)3-2-4-16(20)25/h2-8,11H,9-10H2,1H3,(H,26,31). The molecule has 1 aliphatic heterocycles. The van der Waals surface area contributed by atoms with Crippen LogP contribution in [0.1, 0.15) is 0 Å². The summed E-state index contributed by atoms with van der Waals surface area (Å²) in [7, 11) is 1.73. The third-order valence-corrected chi connectivity index (χ3v) is 5.78. The number of aromatic amines is 1. The van der Waals surface area contributed by atoms with Gasteiger partial charge in [-0.05, 0) is 24.3 Å². The van der Waals surface area contributed by atoms with Gasteiger partial charge in [0.25, 0.3) is 5.56 Å². The van der Waals surface area contributed by atoms with Gasteiger partial charge in [-0.3, -0.25) is 9.69 Å². The van der Waals surface area contributed by atoms with Gasteiger partial charge in [-0.2, -0.15) is 5.10 Å². The highest BCUT2D eigenvalue weighted by Gasteiger charge is 2.27. The summed E-state index contributed by atoms with van der Waals surface area (Å²) in [6, 6.07) is 10.2. The Labute approximate surface area is 185 Å². The number of fused-ring (bicyclic) bond motifs is 1. The second-order valence-electron chi connectivity index (χ2n) is 7.42. The van der Waals surface area contributed by atoms with Crippen molar-refractivity contribution in [2.75, 3.05) is 25.0 Å². The molecule has 2 amide bonds. The van der Waals surface area contributed by atoms with Crippen LogP contribution in [-0.2, 0) is 0 Å². The zero-order chi connectivity index (χ0) is 22.6. The van der Waals surface area contributed by atoms with Gasteiger partial charge in [0.1, 0.15) is 16.9 Å². The maximum Gasteiger partial charge on any atom is 0.324 e. The summed E-state index contributed by atoms with van der Waals surface area (Å²) in [6.07, 6.45) is 1.26. The van der Waals surface area contributed by atoms with Crippen molar-refractivity contribution in [3.8, 4) is 16.9 Å². The molecule has 0 atom stereocenters. The topological polar surface area (TPSA) is 74.2 Å². The zero-order valence-corrected chi connectivity index (χ0v) is 17.5. The molecule has 162 valence electrons. The number of halogens is 3. The lowest BCUT2D eigenvalue weighted by Gasteiger charge is -2.16. The minimum absolute atomic E-state index is 0.0864. The number of hydrogen-bond donors (Lipinski definition) is 1. The lowest BCUT2D eigenvalue weighted by atomic mass is 10.1. The first kappa shape index (κ1) is 20.2. The predicted molar refractivity (Wildman–Crippen MR) is 117 cm³/mol. The van der Waals surface area contributed by atoms with E-state index in [0.29, 0.717) is 24.3 Å². The minimum atomic E-state index is -0.843. The molecule has 2 aromatic carbocycles. The Morgan fingerprint density at radius 2 is 1.72 bits per heavy atom. The van der Waals surface area contributed by atoms with Crippen LogP contribution in [0.25, 0.3) is 27.8 Å². The van der Waals surface area contributed by atoms with Gasteiger partial charge >= 0.3 is 6.03 Å². The van der Waals surface area contributed by atoms with Gasteiger partial charge in [0.05, 0.1) is 10.4 Å². The highest BCUT2D eigenvalue weighted by molar-refractivity contribution is 6.35. The molecule has 5 rings (SSSR count). The molecule has 1 saturated heterocycles. The Morgan fingerprint density at radius 3 is 2.34 bits per heavy atom. The second-order valence-corrected chi connectivity index (χ2v) is 7.83. The van der Waals surface area contributed by atoms with E-state index in [4.69, 9.17) is 11.6 Å². The molecule has 1 fully saturated rings. The van der Waals surface area contributed by atoms with Crippen molar-refractivity contribution in [3.63, 3.8) is 0 Å². The lowest BCUT2D eigenvalue weighted by Crippen LogP contribution is -2.29. The first-order valence-corrected chi connectivity index (χ1v) is 10.1. The number of aromatic nitrogens is 3. The van der Waals surface area contributed by atoms with Crippen LogP contribution < -0.4 is 10.5 Å². The number of para-hydroxylation sites is 1. The first-order valence-electron chi connectivity index (χ1n) is 9.74. The fraction of sp³-hybridized carbons (Fsp3) is 0.136. The number of carbonyl (C=O) groups is 1. The second kappa shape index (κ2) is 7.45. The quantitative estimate of drug-likeness (QED) is 0.503. The van der Waals surface area contributed by atoms with E-state index in [9.17, 15) is 18.4 Å². The largest absolute Gasteiger partial charge is 0.327 e. The molecule has 32 heavy (non-hydrogen) atoms. The van der Waals surface area contributed by atoms with Crippen molar-refractivity contribution in [3.05, 3.63) is 75.7 Å². The Morgan fingerprint density at radius 1 is 1.03 bits per heavy atom. The molecule has 0 saturated carbocycles. The van der Waals surface area contributed by atoms with Crippen molar-refractivity contribution >= 4 is 34.2 Å². The molecular weight excluding hydrogens is 440 g/mol. The van der Waals surface area contributed by atoms with E-state index in [2.05, 4.69) is 10.1 Å². The number of likely N-dealkylation sites (N-methyl/N-ethyl adjacent to an activating group) is 1. The van der Waals surface area contributed by atoms with Crippen LogP contribution in [0.2, 0.25) is 5.02 Å². The zero-order valence-electron chi connectivity index (χ0n) is 16.8. The van der Waals surface area contributed by atoms with Gasteiger partial charge in [0.2, 0.25) is 0 Å². The third kappa shape index (κ3) is 3.04. The van der Waals surface area contributed by atoms with Crippen molar-refractivity contribution in [2.24, 2.45) is 0 Å². The highest BCUT2D eigenvalue weighted by atomic mass is 35.5. The smallest absolute Gasteiger partial charge is 0.324 e. The fourth-order valence-corrected chi connectivity index (χ4v) is 4.09. The Balaban J connectivity index is 1.70. The number of H-pyrrole nitrogens is 1.